The molecule has 1 aromatic carbocycles. The Balaban J connectivity index is 1.29. The second kappa shape index (κ2) is 9.26. The maximum absolute atomic E-state index is 12.6. The van der Waals surface area contributed by atoms with Crippen molar-refractivity contribution in [2.24, 2.45) is 0 Å². The highest BCUT2D eigenvalue weighted by atomic mass is 32.1. The summed E-state index contributed by atoms with van der Waals surface area (Å²) in [5.41, 5.74) is 4.35. The van der Waals surface area contributed by atoms with Gasteiger partial charge in [-0.1, -0.05) is 18.2 Å². The second-order valence-corrected chi connectivity index (χ2v) is 9.07. The number of benzene rings is 1. The third-order valence-corrected chi connectivity index (χ3v) is 6.89. The van der Waals surface area contributed by atoms with Crippen LogP contribution < -0.4 is 0 Å². The van der Waals surface area contributed by atoms with Crippen LogP contribution in [-0.2, 0) is 16.0 Å². The molecule has 0 radical (unpaired) electrons. The third-order valence-electron chi connectivity index (χ3n) is 6.00. The Morgan fingerprint density at radius 1 is 1.03 bits per heavy atom. The van der Waals surface area contributed by atoms with E-state index in [1.807, 2.05) is 51.7 Å². The van der Waals surface area contributed by atoms with Gasteiger partial charge in [0.2, 0.25) is 5.91 Å². The molecule has 7 nitrogen and oxygen atoms in total. The van der Waals surface area contributed by atoms with Gasteiger partial charge in [-0.05, 0) is 30.5 Å². The zero-order chi connectivity index (χ0) is 21.9. The lowest BCUT2D eigenvalue weighted by Gasteiger charge is -2.26. The van der Waals surface area contributed by atoms with Gasteiger partial charge in [0.05, 0.1) is 25.3 Å². The van der Waals surface area contributed by atoms with Crippen LogP contribution in [0.2, 0.25) is 0 Å². The maximum Gasteiger partial charge on any atom is 0.270 e. The number of rotatable bonds is 5. The fourth-order valence-corrected chi connectivity index (χ4v) is 5.03. The van der Waals surface area contributed by atoms with Crippen LogP contribution in [-0.4, -0.2) is 71.0 Å². The van der Waals surface area contributed by atoms with Crippen LogP contribution in [0.4, 0.5) is 0 Å². The van der Waals surface area contributed by atoms with Crippen LogP contribution >= 0.6 is 11.3 Å². The Kier molecular flexibility index (Phi) is 6.05. The number of ether oxygens (including phenoxy) is 1. The monoisotopic (exact) mass is 450 g/mol. The maximum atomic E-state index is 12.6. The topological polar surface area (TPSA) is 78.5 Å². The summed E-state index contributed by atoms with van der Waals surface area (Å²) in [5.74, 6) is 0.189. The van der Waals surface area contributed by atoms with Crippen molar-refractivity contribution in [3.8, 4) is 21.8 Å². The molecule has 2 aliphatic heterocycles. The zero-order valence-corrected chi connectivity index (χ0v) is 18.7. The van der Waals surface area contributed by atoms with Gasteiger partial charge in [-0.15, -0.1) is 11.3 Å². The summed E-state index contributed by atoms with van der Waals surface area (Å²) in [6.07, 6.45) is 4.38. The Labute approximate surface area is 191 Å². The molecule has 2 aliphatic rings. The summed E-state index contributed by atoms with van der Waals surface area (Å²) >= 11 is 1.56. The first-order valence-corrected chi connectivity index (χ1v) is 11.9. The lowest BCUT2D eigenvalue weighted by atomic mass is 10.1. The van der Waals surface area contributed by atoms with Gasteiger partial charge in [0.25, 0.3) is 5.91 Å². The summed E-state index contributed by atoms with van der Waals surface area (Å²) in [7, 11) is 0. The van der Waals surface area contributed by atoms with Crippen LogP contribution in [0.3, 0.4) is 0 Å². The van der Waals surface area contributed by atoms with Crippen molar-refractivity contribution >= 4 is 23.2 Å². The van der Waals surface area contributed by atoms with Crippen LogP contribution in [0.25, 0.3) is 21.8 Å². The minimum atomic E-state index is 0.0573. The quantitative estimate of drug-likeness (QED) is 0.646. The van der Waals surface area contributed by atoms with Gasteiger partial charge in [-0.2, -0.15) is 0 Å². The van der Waals surface area contributed by atoms with E-state index in [1.54, 1.807) is 11.3 Å². The minimum Gasteiger partial charge on any atom is -0.378 e. The van der Waals surface area contributed by atoms with Crippen LogP contribution in [0.1, 0.15) is 28.9 Å². The van der Waals surface area contributed by atoms with Gasteiger partial charge in [-0.3, -0.25) is 9.59 Å². The van der Waals surface area contributed by atoms with Gasteiger partial charge in [0, 0.05) is 48.9 Å². The molecule has 5 rings (SSSR count). The standard InChI is InChI=1S/C24H26N4O3S/c29-22(27-8-10-31-11-9-27)13-17-4-3-5-18(12-17)23-26-21(16-32-23)19-14-20(25-15-19)24(30)28-6-1-2-7-28/h3-5,12,14-16,25H,1-2,6-11,13H2. The Hall–Kier alpha value is -2.97. The number of morpholine rings is 1. The number of nitrogens with one attached hydrogen (secondary N) is 1. The molecule has 32 heavy (non-hydrogen) atoms. The third kappa shape index (κ3) is 4.47. The SMILES string of the molecule is O=C(Cc1cccc(-c2nc(-c3c[nH]c(C(=O)N4CCCC4)c3)cs2)c1)N1CCOCC1. The molecule has 2 fully saturated rings. The van der Waals surface area contributed by atoms with Gasteiger partial charge < -0.3 is 19.5 Å². The first-order valence-electron chi connectivity index (χ1n) is 11.1. The molecule has 4 heterocycles. The molecule has 0 aliphatic carbocycles. The molecule has 8 heteroatoms. The highest BCUT2D eigenvalue weighted by molar-refractivity contribution is 7.13. The van der Waals surface area contributed by atoms with E-state index in [4.69, 9.17) is 9.72 Å². The van der Waals surface area contributed by atoms with E-state index in [0.29, 0.717) is 38.4 Å². The van der Waals surface area contributed by atoms with Crippen molar-refractivity contribution in [1.82, 2.24) is 19.8 Å². The molecule has 3 aromatic rings. The summed E-state index contributed by atoms with van der Waals surface area (Å²) in [5, 5.41) is 2.91. The molecular formula is C24H26N4O3S. The predicted octanol–water partition coefficient (Wildman–Crippen LogP) is 3.44. The summed E-state index contributed by atoms with van der Waals surface area (Å²) in [6, 6.07) is 9.91. The molecule has 1 N–H and O–H groups in total. The van der Waals surface area contributed by atoms with E-state index in [2.05, 4.69) is 4.98 Å². The fraction of sp³-hybridized carbons (Fsp3) is 0.375. The van der Waals surface area contributed by atoms with E-state index in [1.165, 1.54) is 0 Å². The summed E-state index contributed by atoms with van der Waals surface area (Å²) < 4.78 is 5.33. The van der Waals surface area contributed by atoms with Crippen molar-refractivity contribution in [2.75, 3.05) is 39.4 Å². The molecule has 0 saturated carbocycles. The molecule has 0 bridgehead atoms. The van der Waals surface area contributed by atoms with Crippen molar-refractivity contribution in [1.29, 1.82) is 0 Å². The molecule has 2 aromatic heterocycles. The van der Waals surface area contributed by atoms with Crippen LogP contribution in [0.15, 0.2) is 41.9 Å². The number of likely N-dealkylation sites (tertiary alicyclic amines) is 1. The number of aromatic nitrogens is 2. The molecular weight excluding hydrogens is 424 g/mol. The summed E-state index contributed by atoms with van der Waals surface area (Å²) in [4.78, 5) is 36.8. The highest BCUT2D eigenvalue weighted by Gasteiger charge is 2.21. The number of hydrogen-bond acceptors (Lipinski definition) is 5. The van der Waals surface area contributed by atoms with Crippen molar-refractivity contribution in [2.45, 2.75) is 19.3 Å². The van der Waals surface area contributed by atoms with E-state index >= 15 is 0 Å². The van der Waals surface area contributed by atoms with Gasteiger partial charge in [-0.25, -0.2) is 4.98 Å². The van der Waals surface area contributed by atoms with Gasteiger partial charge in [0.15, 0.2) is 0 Å². The molecule has 166 valence electrons. The number of H-pyrrole nitrogens is 1. The van der Waals surface area contributed by atoms with Crippen LogP contribution in [0, 0.1) is 0 Å². The number of aromatic amines is 1. The lowest BCUT2D eigenvalue weighted by molar-refractivity contribution is -0.134. The van der Waals surface area contributed by atoms with Crippen molar-refractivity contribution in [3.63, 3.8) is 0 Å². The number of hydrogen-bond donors (Lipinski definition) is 1. The smallest absolute Gasteiger partial charge is 0.270 e. The average molecular weight is 451 g/mol. The van der Waals surface area contributed by atoms with Gasteiger partial charge in [0.1, 0.15) is 10.7 Å². The molecule has 0 atom stereocenters. The first kappa shape index (κ1) is 20.9. The lowest BCUT2D eigenvalue weighted by Crippen LogP contribution is -2.41. The van der Waals surface area contributed by atoms with Crippen molar-refractivity contribution < 1.29 is 14.3 Å². The van der Waals surface area contributed by atoms with E-state index in [0.717, 1.165) is 53.3 Å². The molecule has 0 spiro atoms. The van der Waals surface area contributed by atoms with E-state index < -0.39 is 0 Å². The molecule has 0 unspecified atom stereocenters. The first-order chi connectivity index (χ1) is 15.7. The van der Waals surface area contributed by atoms with Crippen molar-refractivity contribution in [3.05, 3.63) is 53.2 Å². The van der Waals surface area contributed by atoms with Gasteiger partial charge >= 0.3 is 0 Å². The number of carbonyl (C=O) groups is 2. The number of thiazole rings is 1. The fourth-order valence-electron chi connectivity index (χ4n) is 4.21. The zero-order valence-electron chi connectivity index (χ0n) is 17.9. The predicted molar refractivity (Wildman–Crippen MR) is 124 cm³/mol. The molecule has 2 amide bonds. The largest absolute Gasteiger partial charge is 0.378 e. The second-order valence-electron chi connectivity index (χ2n) is 8.21. The average Bonchev–Trinajstić information content (AvgIpc) is 3.61. The molecule has 2 saturated heterocycles. The normalized spacial score (nSPS) is 16.5. The Bertz CT molecular complexity index is 1110. The number of nitrogens with zero attached hydrogens (tertiary/aromatic N) is 3. The van der Waals surface area contributed by atoms with E-state index in [-0.39, 0.29) is 11.8 Å². The Morgan fingerprint density at radius 2 is 1.84 bits per heavy atom. The number of carbonyl (C=O) groups excluding carboxylic acids is 2. The number of amides is 2. The summed E-state index contributed by atoms with van der Waals surface area (Å²) in [6.45, 7) is 4.20. The van der Waals surface area contributed by atoms with E-state index in [9.17, 15) is 9.59 Å². The van der Waals surface area contributed by atoms with Crippen LogP contribution in [0.5, 0.6) is 0 Å². The minimum absolute atomic E-state index is 0.0573. The highest BCUT2D eigenvalue weighted by Crippen LogP contribution is 2.30. The Morgan fingerprint density at radius 3 is 2.66 bits per heavy atom.